The highest BCUT2D eigenvalue weighted by Gasteiger charge is 2.23. The van der Waals surface area contributed by atoms with E-state index in [-0.39, 0.29) is 5.97 Å². The van der Waals surface area contributed by atoms with Crippen molar-refractivity contribution in [3.05, 3.63) is 28.8 Å². The summed E-state index contributed by atoms with van der Waals surface area (Å²) in [6.07, 6.45) is 2.30. The van der Waals surface area contributed by atoms with Crippen molar-refractivity contribution in [2.24, 2.45) is 5.92 Å². The fourth-order valence-electron chi connectivity index (χ4n) is 1.26. The predicted molar refractivity (Wildman–Crippen MR) is 58.9 cm³/mol. The van der Waals surface area contributed by atoms with Crippen molar-refractivity contribution in [3.8, 4) is 0 Å². The summed E-state index contributed by atoms with van der Waals surface area (Å²) in [5.41, 5.74) is 6.42. The van der Waals surface area contributed by atoms with E-state index in [4.69, 9.17) is 22.1 Å². The molecule has 1 aliphatic carbocycles. The second-order valence-electron chi connectivity index (χ2n) is 3.78. The Morgan fingerprint density at radius 3 is 2.93 bits per heavy atom. The van der Waals surface area contributed by atoms with Crippen molar-refractivity contribution in [1.29, 1.82) is 0 Å². The monoisotopic (exact) mass is 225 g/mol. The Labute approximate surface area is 93.2 Å². The van der Waals surface area contributed by atoms with Crippen LogP contribution in [0.2, 0.25) is 5.02 Å². The van der Waals surface area contributed by atoms with Gasteiger partial charge < -0.3 is 10.5 Å². The van der Waals surface area contributed by atoms with Gasteiger partial charge in [0.2, 0.25) is 0 Å². The van der Waals surface area contributed by atoms with Gasteiger partial charge in [0, 0.05) is 5.69 Å². The van der Waals surface area contributed by atoms with Crippen LogP contribution in [0.1, 0.15) is 23.2 Å². The van der Waals surface area contributed by atoms with Gasteiger partial charge in [-0.2, -0.15) is 0 Å². The molecule has 0 aliphatic heterocycles. The first kappa shape index (κ1) is 10.3. The molecule has 2 N–H and O–H groups in total. The number of esters is 1. The molecule has 1 aromatic carbocycles. The van der Waals surface area contributed by atoms with Crippen molar-refractivity contribution in [3.63, 3.8) is 0 Å². The first-order valence-corrected chi connectivity index (χ1v) is 5.27. The molecule has 1 saturated carbocycles. The molecule has 0 atom stereocenters. The van der Waals surface area contributed by atoms with E-state index in [2.05, 4.69) is 0 Å². The van der Waals surface area contributed by atoms with Crippen LogP contribution in [0.15, 0.2) is 18.2 Å². The third kappa shape index (κ3) is 2.63. The first-order chi connectivity index (χ1) is 7.16. The highest BCUT2D eigenvalue weighted by molar-refractivity contribution is 6.33. The number of nitrogens with two attached hydrogens (primary N) is 1. The maximum Gasteiger partial charge on any atom is 0.339 e. The fourth-order valence-corrected chi connectivity index (χ4v) is 1.45. The third-order valence-corrected chi connectivity index (χ3v) is 2.69. The van der Waals surface area contributed by atoms with Crippen LogP contribution in [0.25, 0.3) is 0 Å². The molecule has 80 valence electrons. The topological polar surface area (TPSA) is 52.3 Å². The number of ether oxygens (including phenoxy) is 1. The maximum absolute atomic E-state index is 11.6. The minimum atomic E-state index is -0.390. The molecule has 0 aromatic heterocycles. The minimum Gasteiger partial charge on any atom is -0.462 e. The average molecular weight is 226 g/mol. The largest absolute Gasteiger partial charge is 0.462 e. The first-order valence-electron chi connectivity index (χ1n) is 4.89. The molecule has 15 heavy (non-hydrogen) atoms. The lowest BCUT2D eigenvalue weighted by molar-refractivity contribution is 0.0486. The van der Waals surface area contributed by atoms with Gasteiger partial charge in [-0.3, -0.25) is 0 Å². The molecule has 3 nitrogen and oxygen atoms in total. The lowest BCUT2D eigenvalue weighted by Gasteiger charge is -2.05. The van der Waals surface area contributed by atoms with Crippen molar-refractivity contribution in [2.45, 2.75) is 12.8 Å². The van der Waals surface area contributed by atoms with E-state index < -0.39 is 0 Å². The number of benzene rings is 1. The van der Waals surface area contributed by atoms with E-state index in [0.717, 1.165) is 12.8 Å². The highest BCUT2D eigenvalue weighted by atomic mass is 35.5. The van der Waals surface area contributed by atoms with Gasteiger partial charge in [-0.05, 0) is 37.0 Å². The Bertz CT molecular complexity index is 388. The molecule has 4 heteroatoms. The Kier molecular flexibility index (Phi) is 2.82. The Morgan fingerprint density at radius 1 is 1.53 bits per heavy atom. The zero-order valence-corrected chi connectivity index (χ0v) is 8.96. The molecule has 0 amide bonds. The van der Waals surface area contributed by atoms with Crippen LogP contribution in [0.4, 0.5) is 5.69 Å². The van der Waals surface area contributed by atoms with Gasteiger partial charge in [-0.15, -0.1) is 0 Å². The molecule has 1 aromatic rings. The molecule has 2 rings (SSSR count). The van der Waals surface area contributed by atoms with Crippen molar-refractivity contribution >= 4 is 23.3 Å². The summed E-state index contributed by atoms with van der Waals surface area (Å²) in [5.74, 6) is 0.160. The van der Waals surface area contributed by atoms with Crippen LogP contribution in [0.5, 0.6) is 0 Å². The molecular formula is C11H12ClNO2. The van der Waals surface area contributed by atoms with Gasteiger partial charge in [0.1, 0.15) is 0 Å². The number of carbonyl (C=O) groups is 1. The van der Waals surface area contributed by atoms with E-state index in [1.807, 2.05) is 0 Å². The second kappa shape index (κ2) is 4.11. The van der Waals surface area contributed by atoms with Crippen molar-refractivity contribution in [2.75, 3.05) is 12.3 Å². The molecule has 0 radical (unpaired) electrons. The Hall–Kier alpha value is -1.22. The molecule has 0 spiro atoms. The molecule has 0 heterocycles. The van der Waals surface area contributed by atoms with Gasteiger partial charge in [0.15, 0.2) is 0 Å². The second-order valence-corrected chi connectivity index (χ2v) is 4.19. The normalized spacial score (nSPS) is 15.0. The Balaban J connectivity index is 2.05. The number of hydrogen-bond donors (Lipinski definition) is 1. The SMILES string of the molecule is Nc1ccc(Cl)c(C(=O)OCC2CC2)c1. The average Bonchev–Trinajstić information content (AvgIpc) is 3.02. The lowest BCUT2D eigenvalue weighted by atomic mass is 10.2. The molecule has 0 saturated heterocycles. The van der Waals surface area contributed by atoms with Crippen LogP contribution in [-0.2, 0) is 4.74 Å². The molecule has 0 bridgehead atoms. The number of halogens is 1. The zero-order chi connectivity index (χ0) is 10.8. The fraction of sp³-hybridized carbons (Fsp3) is 0.364. The number of anilines is 1. The zero-order valence-electron chi connectivity index (χ0n) is 8.20. The van der Waals surface area contributed by atoms with Gasteiger partial charge in [0.05, 0.1) is 17.2 Å². The van der Waals surface area contributed by atoms with E-state index in [0.29, 0.717) is 28.8 Å². The van der Waals surface area contributed by atoms with E-state index >= 15 is 0 Å². The molecular weight excluding hydrogens is 214 g/mol. The van der Waals surface area contributed by atoms with Crippen LogP contribution in [0.3, 0.4) is 0 Å². The quantitative estimate of drug-likeness (QED) is 0.635. The van der Waals surface area contributed by atoms with Crippen LogP contribution in [0, 0.1) is 5.92 Å². The summed E-state index contributed by atoms with van der Waals surface area (Å²) in [7, 11) is 0. The van der Waals surface area contributed by atoms with Crippen LogP contribution >= 0.6 is 11.6 Å². The number of rotatable bonds is 3. The standard InChI is InChI=1S/C11H12ClNO2/c12-10-4-3-8(13)5-9(10)11(14)15-6-7-1-2-7/h3-5,7H,1-2,6,13H2. The van der Waals surface area contributed by atoms with E-state index in [1.54, 1.807) is 12.1 Å². The van der Waals surface area contributed by atoms with Crippen molar-refractivity contribution in [1.82, 2.24) is 0 Å². The highest BCUT2D eigenvalue weighted by Crippen LogP contribution is 2.29. The van der Waals surface area contributed by atoms with E-state index in [9.17, 15) is 4.79 Å². The minimum absolute atomic E-state index is 0.345. The van der Waals surface area contributed by atoms with Crippen LogP contribution < -0.4 is 5.73 Å². The smallest absolute Gasteiger partial charge is 0.339 e. The van der Waals surface area contributed by atoms with Crippen LogP contribution in [-0.4, -0.2) is 12.6 Å². The lowest BCUT2D eigenvalue weighted by Crippen LogP contribution is -2.08. The van der Waals surface area contributed by atoms with Gasteiger partial charge in [-0.1, -0.05) is 11.6 Å². The van der Waals surface area contributed by atoms with Gasteiger partial charge >= 0.3 is 5.97 Å². The summed E-state index contributed by atoms with van der Waals surface area (Å²) >= 11 is 5.87. The number of carbonyl (C=O) groups excluding carboxylic acids is 1. The molecule has 0 unspecified atom stereocenters. The van der Waals surface area contributed by atoms with E-state index in [1.165, 1.54) is 6.07 Å². The summed E-state index contributed by atoms with van der Waals surface area (Å²) in [4.78, 5) is 11.6. The van der Waals surface area contributed by atoms with Gasteiger partial charge in [-0.25, -0.2) is 4.79 Å². The third-order valence-electron chi connectivity index (χ3n) is 2.36. The predicted octanol–water partition coefficient (Wildman–Crippen LogP) is 2.49. The molecule has 1 fully saturated rings. The number of nitrogen functional groups attached to an aromatic ring is 1. The number of hydrogen-bond acceptors (Lipinski definition) is 3. The maximum atomic E-state index is 11.6. The summed E-state index contributed by atoms with van der Waals surface area (Å²) in [5, 5.41) is 0.380. The summed E-state index contributed by atoms with van der Waals surface area (Å²) in [6.45, 7) is 0.490. The summed E-state index contributed by atoms with van der Waals surface area (Å²) in [6, 6.07) is 4.79. The van der Waals surface area contributed by atoms with Crippen molar-refractivity contribution < 1.29 is 9.53 Å². The van der Waals surface area contributed by atoms with Gasteiger partial charge in [0.25, 0.3) is 0 Å². The molecule has 1 aliphatic rings. The summed E-state index contributed by atoms with van der Waals surface area (Å²) < 4.78 is 5.11. The Morgan fingerprint density at radius 2 is 2.27 bits per heavy atom.